The Morgan fingerprint density at radius 2 is 2.10 bits per heavy atom. The maximum Gasteiger partial charge on any atom is 0.410 e. The molecule has 0 saturated heterocycles. The molecule has 2 aliphatic rings. The maximum atomic E-state index is 13.9. The number of hydrogen-bond acceptors (Lipinski definition) is 6. The maximum absolute atomic E-state index is 13.9. The Labute approximate surface area is 167 Å². The number of nitriles is 3. The molecule has 1 aromatic rings. The van der Waals surface area contributed by atoms with E-state index in [0.29, 0.717) is 11.1 Å². The SMILES string of the molecule is CCOC(=O)N1CC=C2[C@H](C1)[C@H](c1cccc(F)c1)C(C#N)=C(N)C2(C#N)C#N. The fourth-order valence-electron chi connectivity index (χ4n) is 4.08. The highest BCUT2D eigenvalue weighted by atomic mass is 19.1. The number of carbonyl (C=O) groups is 1. The molecule has 8 heteroatoms. The zero-order valence-corrected chi connectivity index (χ0v) is 15.7. The van der Waals surface area contributed by atoms with Gasteiger partial charge in [0.05, 0.1) is 36.1 Å². The van der Waals surface area contributed by atoms with E-state index in [1.165, 1.54) is 23.1 Å². The van der Waals surface area contributed by atoms with Crippen LogP contribution in [0.25, 0.3) is 0 Å². The van der Waals surface area contributed by atoms with Crippen molar-refractivity contribution in [3.8, 4) is 18.2 Å². The van der Waals surface area contributed by atoms with Crippen molar-refractivity contribution in [2.24, 2.45) is 17.1 Å². The van der Waals surface area contributed by atoms with E-state index in [-0.39, 0.29) is 31.0 Å². The van der Waals surface area contributed by atoms with Crippen LogP contribution < -0.4 is 5.73 Å². The van der Waals surface area contributed by atoms with Gasteiger partial charge in [0.1, 0.15) is 5.82 Å². The van der Waals surface area contributed by atoms with Crippen molar-refractivity contribution >= 4 is 6.09 Å². The number of benzene rings is 1. The van der Waals surface area contributed by atoms with Gasteiger partial charge >= 0.3 is 6.09 Å². The second kappa shape index (κ2) is 7.66. The smallest absolute Gasteiger partial charge is 0.410 e. The quantitative estimate of drug-likeness (QED) is 0.772. The van der Waals surface area contributed by atoms with Gasteiger partial charge in [-0.2, -0.15) is 15.8 Å². The summed E-state index contributed by atoms with van der Waals surface area (Å²) in [5, 5.41) is 29.5. The van der Waals surface area contributed by atoms with Crippen LogP contribution in [-0.2, 0) is 4.74 Å². The lowest BCUT2D eigenvalue weighted by Gasteiger charge is -2.44. The molecule has 1 heterocycles. The summed E-state index contributed by atoms with van der Waals surface area (Å²) >= 11 is 0. The average molecular weight is 391 g/mol. The largest absolute Gasteiger partial charge is 0.450 e. The van der Waals surface area contributed by atoms with Crippen LogP contribution in [0.15, 0.2) is 47.2 Å². The predicted molar refractivity (Wildman–Crippen MR) is 99.8 cm³/mol. The highest BCUT2D eigenvalue weighted by molar-refractivity contribution is 5.69. The Hall–Kier alpha value is -3.83. The minimum Gasteiger partial charge on any atom is -0.450 e. The monoisotopic (exact) mass is 391 g/mol. The Kier molecular flexibility index (Phi) is 5.26. The standard InChI is InChI=1S/C21H18FN5O2/c1-2-29-20(28)27-7-6-17-16(10-27)18(13-4-3-5-14(22)8-13)15(9-23)19(26)21(17,11-24)12-25/h3-6,8,16,18H,2,7,10,26H2,1H3/t16-,18+/m0/s1. The predicted octanol–water partition coefficient (Wildman–Crippen LogP) is 2.71. The van der Waals surface area contributed by atoms with E-state index in [1.54, 1.807) is 19.1 Å². The third-order valence-electron chi connectivity index (χ3n) is 5.38. The van der Waals surface area contributed by atoms with E-state index in [1.807, 2.05) is 18.2 Å². The van der Waals surface area contributed by atoms with Gasteiger partial charge in [-0.15, -0.1) is 0 Å². The number of ether oxygens (including phenoxy) is 1. The number of nitrogens with two attached hydrogens (primary N) is 1. The second-order valence-electron chi connectivity index (χ2n) is 6.82. The first kappa shape index (κ1) is 19.9. The lowest BCUT2D eigenvalue weighted by atomic mass is 9.60. The fourth-order valence-corrected chi connectivity index (χ4v) is 4.08. The van der Waals surface area contributed by atoms with Crippen LogP contribution in [-0.4, -0.2) is 30.7 Å². The first-order valence-electron chi connectivity index (χ1n) is 9.03. The molecule has 0 radical (unpaired) electrons. The molecular weight excluding hydrogens is 373 g/mol. The highest BCUT2D eigenvalue weighted by Gasteiger charge is 2.53. The lowest BCUT2D eigenvalue weighted by Crippen LogP contribution is -2.48. The molecule has 3 rings (SSSR count). The molecule has 2 N–H and O–H groups in total. The Balaban J connectivity index is 2.23. The minimum absolute atomic E-state index is 0.0339. The van der Waals surface area contributed by atoms with E-state index in [9.17, 15) is 25.0 Å². The summed E-state index contributed by atoms with van der Waals surface area (Å²) in [5.41, 5.74) is 5.17. The molecule has 1 aromatic carbocycles. The van der Waals surface area contributed by atoms with Crippen LogP contribution in [0.5, 0.6) is 0 Å². The van der Waals surface area contributed by atoms with Gasteiger partial charge in [0, 0.05) is 24.9 Å². The van der Waals surface area contributed by atoms with E-state index in [0.717, 1.165) is 0 Å². The first-order valence-corrected chi connectivity index (χ1v) is 9.03. The number of carbonyl (C=O) groups excluding carboxylic acids is 1. The zero-order chi connectivity index (χ0) is 21.2. The van der Waals surface area contributed by atoms with Crippen molar-refractivity contribution in [3.63, 3.8) is 0 Å². The van der Waals surface area contributed by atoms with E-state index in [4.69, 9.17) is 10.5 Å². The molecule has 0 unspecified atom stereocenters. The van der Waals surface area contributed by atoms with Crippen LogP contribution in [0, 0.1) is 51.1 Å². The summed E-state index contributed by atoms with van der Waals surface area (Å²) in [6, 6.07) is 11.7. The summed E-state index contributed by atoms with van der Waals surface area (Å²) in [7, 11) is 0. The van der Waals surface area contributed by atoms with Crippen LogP contribution in [0.2, 0.25) is 0 Å². The van der Waals surface area contributed by atoms with Gasteiger partial charge in [0.25, 0.3) is 0 Å². The van der Waals surface area contributed by atoms with E-state index < -0.39 is 29.2 Å². The first-order chi connectivity index (χ1) is 13.9. The van der Waals surface area contributed by atoms with Gasteiger partial charge in [-0.05, 0) is 30.2 Å². The minimum atomic E-state index is -1.81. The van der Waals surface area contributed by atoms with Crippen molar-refractivity contribution in [3.05, 3.63) is 58.6 Å². The number of amides is 1. The lowest BCUT2D eigenvalue weighted by molar-refractivity contribution is 0.102. The summed E-state index contributed by atoms with van der Waals surface area (Å²) < 4.78 is 19.0. The highest BCUT2D eigenvalue weighted by Crippen LogP contribution is 2.52. The van der Waals surface area contributed by atoms with Gasteiger partial charge in [-0.3, -0.25) is 0 Å². The van der Waals surface area contributed by atoms with E-state index in [2.05, 4.69) is 0 Å². The van der Waals surface area contributed by atoms with Gasteiger partial charge in [0.15, 0.2) is 0 Å². The molecule has 146 valence electrons. The van der Waals surface area contributed by atoms with Crippen molar-refractivity contribution in [2.45, 2.75) is 12.8 Å². The van der Waals surface area contributed by atoms with Crippen molar-refractivity contribution < 1.29 is 13.9 Å². The average Bonchev–Trinajstić information content (AvgIpc) is 2.73. The zero-order valence-electron chi connectivity index (χ0n) is 15.7. The fraction of sp³-hybridized carbons (Fsp3) is 0.333. The van der Waals surface area contributed by atoms with Crippen LogP contribution in [0.4, 0.5) is 9.18 Å². The molecule has 0 bridgehead atoms. The molecule has 1 amide bonds. The molecule has 2 atom stereocenters. The number of rotatable bonds is 2. The topological polar surface area (TPSA) is 127 Å². The van der Waals surface area contributed by atoms with Crippen LogP contribution >= 0.6 is 0 Å². The second-order valence-corrected chi connectivity index (χ2v) is 6.82. The summed E-state index contributed by atoms with van der Waals surface area (Å²) in [5.74, 6) is -1.79. The Morgan fingerprint density at radius 1 is 1.38 bits per heavy atom. The summed E-state index contributed by atoms with van der Waals surface area (Å²) in [6.45, 7) is 2.13. The molecule has 29 heavy (non-hydrogen) atoms. The van der Waals surface area contributed by atoms with Crippen molar-refractivity contribution in [1.29, 1.82) is 15.8 Å². The normalized spacial score (nSPS) is 22.4. The number of fused-ring (bicyclic) bond motifs is 1. The molecule has 0 fully saturated rings. The van der Waals surface area contributed by atoms with Crippen molar-refractivity contribution in [2.75, 3.05) is 19.7 Å². The van der Waals surface area contributed by atoms with E-state index >= 15 is 0 Å². The Bertz CT molecular complexity index is 1030. The van der Waals surface area contributed by atoms with Crippen LogP contribution in [0.3, 0.4) is 0 Å². The third kappa shape index (κ3) is 3.07. The molecule has 0 saturated carbocycles. The molecule has 0 aromatic heterocycles. The third-order valence-corrected chi connectivity index (χ3v) is 5.38. The van der Waals surface area contributed by atoms with Gasteiger partial charge in [-0.1, -0.05) is 18.2 Å². The van der Waals surface area contributed by atoms with Gasteiger partial charge in [0.2, 0.25) is 5.41 Å². The number of nitrogens with zero attached hydrogens (tertiary/aromatic N) is 4. The molecule has 0 spiro atoms. The summed E-state index contributed by atoms with van der Waals surface area (Å²) in [4.78, 5) is 13.7. The number of hydrogen-bond donors (Lipinski definition) is 1. The van der Waals surface area contributed by atoms with Crippen molar-refractivity contribution in [1.82, 2.24) is 4.90 Å². The molecule has 1 aliphatic heterocycles. The van der Waals surface area contributed by atoms with Gasteiger partial charge in [-0.25, -0.2) is 9.18 Å². The number of allylic oxidation sites excluding steroid dienone is 2. The molecular formula is C21H18FN5O2. The Morgan fingerprint density at radius 3 is 2.69 bits per heavy atom. The van der Waals surface area contributed by atoms with Crippen LogP contribution in [0.1, 0.15) is 18.4 Å². The summed E-state index contributed by atoms with van der Waals surface area (Å²) in [6.07, 6.45) is 1.08. The molecule has 1 aliphatic carbocycles. The van der Waals surface area contributed by atoms with Gasteiger partial charge < -0.3 is 15.4 Å². The molecule has 7 nitrogen and oxygen atoms in total. The number of halogens is 1.